The van der Waals surface area contributed by atoms with Gasteiger partial charge >= 0.3 is 0 Å². The zero-order valence-corrected chi connectivity index (χ0v) is 17.3. The van der Waals surface area contributed by atoms with Crippen molar-refractivity contribution in [2.24, 2.45) is 0 Å². The molecule has 5 nitrogen and oxygen atoms in total. The summed E-state index contributed by atoms with van der Waals surface area (Å²) in [7, 11) is 0. The molecular weight excluding hydrogens is 366 g/mol. The number of carbonyl (C=O) groups is 2. The molecule has 0 radical (unpaired) electrons. The smallest absolute Gasteiger partial charge is 0.254 e. The van der Waals surface area contributed by atoms with Gasteiger partial charge in [-0.1, -0.05) is 31.5 Å². The summed E-state index contributed by atoms with van der Waals surface area (Å²) in [5.41, 5.74) is 2.15. The van der Waals surface area contributed by atoms with E-state index in [-0.39, 0.29) is 18.4 Å². The fourth-order valence-corrected chi connectivity index (χ4v) is 4.95. The van der Waals surface area contributed by atoms with Crippen molar-refractivity contribution in [3.8, 4) is 0 Å². The van der Waals surface area contributed by atoms with Crippen molar-refractivity contribution in [1.29, 1.82) is 0 Å². The summed E-state index contributed by atoms with van der Waals surface area (Å²) in [5, 5.41) is 6.32. The first-order valence-electron chi connectivity index (χ1n) is 9.34. The number of aromatic amines is 1. The molecule has 1 saturated carbocycles. The van der Waals surface area contributed by atoms with Crippen LogP contribution in [-0.2, 0) is 4.79 Å². The van der Waals surface area contributed by atoms with Crippen LogP contribution in [0.4, 0.5) is 0 Å². The number of pyridine rings is 1. The van der Waals surface area contributed by atoms with Crippen LogP contribution in [0.5, 0.6) is 0 Å². The van der Waals surface area contributed by atoms with Gasteiger partial charge in [0.25, 0.3) is 5.91 Å². The number of rotatable bonds is 8. The summed E-state index contributed by atoms with van der Waals surface area (Å²) in [5.74, 6) is 0.599. The van der Waals surface area contributed by atoms with Crippen molar-refractivity contribution in [1.82, 2.24) is 15.6 Å². The zero-order chi connectivity index (χ0) is 18.9. The minimum Gasteiger partial charge on any atom is -0.355 e. The number of thioether (sulfide) groups is 1. The van der Waals surface area contributed by atoms with Gasteiger partial charge in [-0.25, -0.2) is 0 Å². The molecule has 1 heterocycles. The molecule has 1 aliphatic carbocycles. The Hall–Kier alpha value is -1.34. The van der Waals surface area contributed by atoms with Gasteiger partial charge in [0.05, 0.1) is 12.1 Å². The van der Waals surface area contributed by atoms with E-state index in [2.05, 4.69) is 15.6 Å². The standard InChI is InChI=1S/C19H29N3O2S2/c1-13-11-14(2)22-19(25)17(13)18(24)21-12-16(23)20-9-6-10-26-15-7-4-3-5-8-15/h11,15H,3-10,12H2,1-2H3,(H,20,23)(H,21,24)(H,22,25). The van der Waals surface area contributed by atoms with Crippen LogP contribution in [0.25, 0.3) is 0 Å². The number of carbonyl (C=O) groups excluding carboxylic acids is 2. The highest BCUT2D eigenvalue weighted by molar-refractivity contribution is 7.99. The summed E-state index contributed by atoms with van der Waals surface area (Å²) in [6.45, 7) is 4.36. The normalized spacial score (nSPS) is 14.8. The molecule has 0 bridgehead atoms. The van der Waals surface area contributed by atoms with Crippen LogP contribution in [0.3, 0.4) is 0 Å². The Bertz CT molecular complexity index is 682. The highest BCUT2D eigenvalue weighted by Gasteiger charge is 2.14. The largest absolute Gasteiger partial charge is 0.355 e. The van der Waals surface area contributed by atoms with Crippen LogP contribution in [0.15, 0.2) is 6.07 Å². The van der Waals surface area contributed by atoms with Crippen LogP contribution < -0.4 is 10.6 Å². The molecule has 1 aliphatic rings. The second kappa shape index (κ2) is 10.7. The zero-order valence-electron chi connectivity index (χ0n) is 15.7. The van der Waals surface area contributed by atoms with Crippen molar-refractivity contribution < 1.29 is 9.59 Å². The quantitative estimate of drug-likeness (QED) is 0.464. The Morgan fingerprint density at radius 1 is 1.23 bits per heavy atom. The highest BCUT2D eigenvalue weighted by atomic mass is 32.2. The molecule has 3 N–H and O–H groups in total. The van der Waals surface area contributed by atoms with E-state index in [1.54, 1.807) is 0 Å². The third-order valence-electron chi connectivity index (χ3n) is 4.55. The lowest BCUT2D eigenvalue weighted by atomic mass is 10.0. The molecule has 0 aliphatic heterocycles. The predicted octanol–water partition coefficient (Wildman–Crippen LogP) is 3.66. The maximum atomic E-state index is 12.3. The fourth-order valence-electron chi connectivity index (χ4n) is 3.23. The fraction of sp³-hybridized carbons (Fsp3) is 0.632. The van der Waals surface area contributed by atoms with E-state index in [0.29, 0.717) is 16.7 Å². The van der Waals surface area contributed by atoms with Crippen molar-refractivity contribution in [2.45, 2.75) is 57.6 Å². The Morgan fingerprint density at radius 3 is 2.65 bits per heavy atom. The lowest BCUT2D eigenvalue weighted by Gasteiger charge is -2.20. The summed E-state index contributed by atoms with van der Waals surface area (Å²) in [6, 6.07) is 1.87. The van der Waals surface area contributed by atoms with Gasteiger partial charge in [0.15, 0.2) is 0 Å². The van der Waals surface area contributed by atoms with E-state index < -0.39 is 0 Å². The number of aryl methyl sites for hydroxylation is 2. The van der Waals surface area contributed by atoms with Gasteiger partial charge in [-0.05, 0) is 50.5 Å². The first-order chi connectivity index (χ1) is 12.5. The Kier molecular flexibility index (Phi) is 8.65. The van der Waals surface area contributed by atoms with Gasteiger partial charge in [0, 0.05) is 17.5 Å². The van der Waals surface area contributed by atoms with Gasteiger partial charge in [0.2, 0.25) is 5.91 Å². The maximum absolute atomic E-state index is 12.3. The Labute approximate surface area is 165 Å². The molecule has 0 aromatic carbocycles. The van der Waals surface area contributed by atoms with Gasteiger partial charge in [-0.15, -0.1) is 0 Å². The third-order valence-corrected chi connectivity index (χ3v) is 6.32. The SMILES string of the molecule is Cc1cc(C)c(C(=O)NCC(=O)NCCCSC2CCCCC2)c(=S)[nH]1. The van der Waals surface area contributed by atoms with Crippen LogP contribution in [-0.4, -0.2) is 40.9 Å². The van der Waals surface area contributed by atoms with Crippen LogP contribution in [0, 0.1) is 18.5 Å². The lowest BCUT2D eigenvalue weighted by molar-refractivity contribution is -0.120. The van der Waals surface area contributed by atoms with Gasteiger partial charge in [-0.3, -0.25) is 9.59 Å². The monoisotopic (exact) mass is 395 g/mol. The topological polar surface area (TPSA) is 74.0 Å². The van der Waals surface area contributed by atoms with Crippen molar-refractivity contribution in [2.75, 3.05) is 18.8 Å². The number of hydrogen-bond donors (Lipinski definition) is 3. The molecule has 1 fully saturated rings. The molecule has 1 aromatic heterocycles. The van der Waals surface area contributed by atoms with E-state index in [0.717, 1.165) is 28.7 Å². The van der Waals surface area contributed by atoms with Crippen molar-refractivity contribution in [3.63, 3.8) is 0 Å². The van der Waals surface area contributed by atoms with Crippen LogP contribution in [0.1, 0.15) is 60.1 Å². The first-order valence-corrected chi connectivity index (χ1v) is 10.8. The number of aromatic nitrogens is 1. The molecule has 0 saturated heterocycles. The Balaban J connectivity index is 1.64. The van der Waals surface area contributed by atoms with E-state index >= 15 is 0 Å². The minimum atomic E-state index is -0.313. The average Bonchev–Trinajstić information content (AvgIpc) is 2.59. The second-order valence-electron chi connectivity index (χ2n) is 6.86. The molecule has 2 amide bonds. The molecule has 0 atom stereocenters. The van der Waals surface area contributed by atoms with Crippen molar-refractivity contribution in [3.05, 3.63) is 27.5 Å². The molecule has 1 aromatic rings. The number of nitrogens with one attached hydrogen (secondary N) is 3. The molecule has 0 unspecified atom stereocenters. The van der Waals surface area contributed by atoms with Gasteiger partial charge in [0.1, 0.15) is 4.64 Å². The van der Waals surface area contributed by atoms with E-state index in [1.165, 1.54) is 32.1 Å². The molecule has 144 valence electrons. The molecule has 0 spiro atoms. The van der Waals surface area contributed by atoms with Gasteiger partial charge < -0.3 is 15.6 Å². The van der Waals surface area contributed by atoms with E-state index in [4.69, 9.17) is 12.2 Å². The van der Waals surface area contributed by atoms with E-state index in [1.807, 2.05) is 31.7 Å². The summed E-state index contributed by atoms with van der Waals surface area (Å²) >= 11 is 7.25. The molecule has 2 rings (SSSR count). The summed E-state index contributed by atoms with van der Waals surface area (Å²) in [4.78, 5) is 27.1. The van der Waals surface area contributed by atoms with E-state index in [9.17, 15) is 9.59 Å². The number of hydrogen-bond acceptors (Lipinski definition) is 4. The maximum Gasteiger partial charge on any atom is 0.254 e. The minimum absolute atomic E-state index is 0.0311. The van der Waals surface area contributed by atoms with Gasteiger partial charge in [-0.2, -0.15) is 11.8 Å². The van der Waals surface area contributed by atoms with Crippen LogP contribution >= 0.6 is 24.0 Å². The predicted molar refractivity (Wildman–Crippen MR) is 110 cm³/mol. The van der Waals surface area contributed by atoms with Crippen LogP contribution in [0.2, 0.25) is 0 Å². The third kappa shape index (κ3) is 6.76. The average molecular weight is 396 g/mol. The first kappa shape index (κ1) is 21.0. The van der Waals surface area contributed by atoms with Crippen molar-refractivity contribution >= 4 is 35.8 Å². The lowest BCUT2D eigenvalue weighted by Crippen LogP contribution is -2.37. The molecular formula is C19H29N3O2S2. The summed E-state index contributed by atoms with van der Waals surface area (Å²) in [6.07, 6.45) is 7.74. The molecule has 7 heteroatoms. The summed E-state index contributed by atoms with van der Waals surface area (Å²) < 4.78 is 0.403. The number of amides is 2. The number of H-pyrrole nitrogens is 1. The second-order valence-corrected chi connectivity index (χ2v) is 8.67. The highest BCUT2D eigenvalue weighted by Crippen LogP contribution is 2.28. The Morgan fingerprint density at radius 2 is 1.96 bits per heavy atom. The molecule has 26 heavy (non-hydrogen) atoms.